The van der Waals surface area contributed by atoms with E-state index >= 15 is 0 Å². The minimum absolute atomic E-state index is 1.01. The van der Waals surface area contributed by atoms with E-state index in [0.717, 1.165) is 19.3 Å². The van der Waals surface area contributed by atoms with Gasteiger partial charge in [0.1, 0.15) is 0 Å². The monoisotopic (exact) mass is 590 g/mol. The van der Waals surface area contributed by atoms with E-state index in [2.05, 4.69) is 121 Å². The molecule has 0 aromatic heterocycles. The number of hydrogen-bond acceptors (Lipinski definition) is 0. The molecule has 0 amide bonds. The van der Waals surface area contributed by atoms with Crippen LogP contribution in [0.25, 0.3) is 5.57 Å². The molecule has 26 heavy (non-hydrogen) atoms. The van der Waals surface area contributed by atoms with Crippen LogP contribution in [0.1, 0.15) is 64.9 Å². The van der Waals surface area contributed by atoms with Crippen molar-refractivity contribution in [2.45, 2.75) is 72.4 Å². The zero-order chi connectivity index (χ0) is 19.6. The van der Waals surface area contributed by atoms with E-state index in [9.17, 15) is 0 Å². The van der Waals surface area contributed by atoms with Gasteiger partial charge >= 0.3 is 0 Å². The average Bonchev–Trinajstić information content (AvgIpc) is 2.62. The molecule has 0 aliphatic carbocycles. The molecular formula is C23H32I2Si. The molecule has 3 heteroatoms. The first-order valence-electron chi connectivity index (χ1n) is 9.72. The van der Waals surface area contributed by atoms with Crippen LogP contribution in [0.5, 0.6) is 0 Å². The molecule has 0 unspecified atom stereocenters. The number of benzene rings is 1. The predicted octanol–water partition coefficient (Wildman–Crippen LogP) is 8.71. The SMILES string of the molecule is CCCC#C[Si](C)(C)/C(I)=C(/C(CCC)=C(\I)CCC)c1ccccc1. The highest BCUT2D eigenvalue weighted by molar-refractivity contribution is 14.1. The molecule has 0 radical (unpaired) electrons. The second-order valence-corrected chi connectivity index (χ2v) is 14.5. The third kappa shape index (κ3) is 7.16. The van der Waals surface area contributed by atoms with Gasteiger partial charge < -0.3 is 0 Å². The smallest absolute Gasteiger partial charge is 0.126 e. The van der Waals surface area contributed by atoms with Gasteiger partial charge in [0.15, 0.2) is 8.07 Å². The van der Waals surface area contributed by atoms with Gasteiger partial charge in [0.25, 0.3) is 0 Å². The Bertz CT molecular complexity index is 688. The summed E-state index contributed by atoms with van der Waals surface area (Å²) in [4.78, 5) is 0. The van der Waals surface area contributed by atoms with Crippen LogP contribution in [0.15, 0.2) is 42.7 Å². The summed E-state index contributed by atoms with van der Waals surface area (Å²) < 4.78 is 3.02. The summed E-state index contributed by atoms with van der Waals surface area (Å²) in [5, 5.41) is 0. The van der Waals surface area contributed by atoms with Crippen LogP contribution < -0.4 is 0 Å². The molecule has 1 aromatic carbocycles. The summed E-state index contributed by atoms with van der Waals surface area (Å²) in [5.41, 5.74) is 8.04. The Labute approximate surface area is 189 Å². The Hall–Kier alpha value is -0.0631. The number of halogens is 2. The van der Waals surface area contributed by atoms with Crippen molar-refractivity contribution in [2.75, 3.05) is 0 Å². The Balaban J connectivity index is 3.65. The maximum atomic E-state index is 3.68. The number of allylic oxidation sites excluding steroid dienone is 3. The van der Waals surface area contributed by atoms with Gasteiger partial charge in [0.05, 0.1) is 0 Å². The Morgan fingerprint density at radius 3 is 2.08 bits per heavy atom. The van der Waals surface area contributed by atoms with Crippen molar-refractivity contribution in [3.63, 3.8) is 0 Å². The van der Waals surface area contributed by atoms with Crippen LogP contribution >= 0.6 is 45.2 Å². The van der Waals surface area contributed by atoms with Gasteiger partial charge in [-0.1, -0.05) is 99.6 Å². The fraction of sp³-hybridized carbons (Fsp3) is 0.478. The predicted molar refractivity (Wildman–Crippen MR) is 138 cm³/mol. The molecule has 0 atom stereocenters. The molecule has 0 nitrogen and oxygen atoms in total. The van der Waals surface area contributed by atoms with Crippen LogP contribution in [0.4, 0.5) is 0 Å². The summed E-state index contributed by atoms with van der Waals surface area (Å²) in [5.74, 6) is 3.44. The third-order valence-electron chi connectivity index (χ3n) is 4.21. The quantitative estimate of drug-likeness (QED) is 0.123. The molecule has 0 saturated heterocycles. The van der Waals surface area contributed by atoms with Crippen molar-refractivity contribution in [1.29, 1.82) is 0 Å². The lowest BCUT2D eigenvalue weighted by molar-refractivity contribution is 0.894. The molecule has 1 rings (SSSR count). The summed E-state index contributed by atoms with van der Waals surface area (Å²) >= 11 is 5.21. The van der Waals surface area contributed by atoms with Crippen molar-refractivity contribution in [3.8, 4) is 11.5 Å². The van der Waals surface area contributed by atoms with E-state index in [-0.39, 0.29) is 0 Å². The van der Waals surface area contributed by atoms with Crippen LogP contribution in [0.2, 0.25) is 13.1 Å². The average molecular weight is 590 g/mol. The lowest BCUT2D eigenvalue weighted by Crippen LogP contribution is -2.26. The highest BCUT2D eigenvalue weighted by Gasteiger charge is 2.28. The van der Waals surface area contributed by atoms with E-state index in [1.54, 1.807) is 5.57 Å². The normalized spacial score (nSPS) is 13.5. The molecule has 0 heterocycles. The standard InChI is InChI=1S/C23H32I2Si/c1-6-9-13-18-26(4,5)23(25)22(19-16-11-10-12-17-19)20(14-7-2)21(24)15-8-3/h10-12,16-17H,6-9,14-15H2,1-5H3/b21-20-,23-22+. The lowest BCUT2D eigenvalue weighted by atomic mass is 9.95. The van der Waals surface area contributed by atoms with Gasteiger partial charge in [-0.05, 0) is 65.3 Å². The van der Waals surface area contributed by atoms with E-state index in [0.29, 0.717) is 0 Å². The Morgan fingerprint density at radius 2 is 1.54 bits per heavy atom. The van der Waals surface area contributed by atoms with Gasteiger partial charge in [-0.3, -0.25) is 0 Å². The van der Waals surface area contributed by atoms with E-state index in [1.165, 1.54) is 37.2 Å². The number of hydrogen-bond donors (Lipinski definition) is 0. The van der Waals surface area contributed by atoms with Crippen LogP contribution in [0.3, 0.4) is 0 Å². The molecule has 0 spiro atoms. The van der Waals surface area contributed by atoms with E-state index in [1.807, 2.05) is 0 Å². The summed E-state index contributed by atoms with van der Waals surface area (Å²) in [6, 6.07) is 11.0. The highest BCUT2D eigenvalue weighted by atomic mass is 127. The molecule has 0 aliphatic rings. The third-order valence-corrected chi connectivity index (χ3v) is 12.1. The Morgan fingerprint density at radius 1 is 0.923 bits per heavy atom. The molecule has 142 valence electrons. The molecule has 0 fully saturated rings. The first-order valence-corrected chi connectivity index (χ1v) is 14.9. The largest absolute Gasteiger partial charge is 0.170 e. The van der Waals surface area contributed by atoms with Crippen molar-refractivity contribution in [3.05, 3.63) is 48.3 Å². The van der Waals surface area contributed by atoms with Gasteiger partial charge in [0, 0.05) is 6.42 Å². The van der Waals surface area contributed by atoms with Gasteiger partial charge in [-0.15, -0.1) is 11.5 Å². The maximum Gasteiger partial charge on any atom is 0.170 e. The van der Waals surface area contributed by atoms with Crippen LogP contribution in [-0.4, -0.2) is 8.07 Å². The van der Waals surface area contributed by atoms with Crippen molar-refractivity contribution < 1.29 is 0 Å². The summed E-state index contributed by atoms with van der Waals surface area (Å²) in [6.45, 7) is 11.6. The molecule has 1 aromatic rings. The number of rotatable bonds is 8. The van der Waals surface area contributed by atoms with Crippen LogP contribution in [0, 0.1) is 11.5 Å². The first kappa shape index (κ1) is 24.0. The minimum atomic E-state index is -1.78. The minimum Gasteiger partial charge on any atom is -0.126 e. The van der Waals surface area contributed by atoms with Crippen molar-refractivity contribution in [2.24, 2.45) is 0 Å². The fourth-order valence-electron chi connectivity index (χ4n) is 2.83. The second kappa shape index (κ2) is 12.4. The molecule has 0 aliphatic heterocycles. The van der Waals surface area contributed by atoms with E-state index in [4.69, 9.17) is 0 Å². The summed E-state index contributed by atoms with van der Waals surface area (Å²) in [7, 11) is -1.78. The number of unbranched alkanes of at least 4 members (excludes halogenated alkanes) is 1. The molecule has 0 bridgehead atoms. The maximum absolute atomic E-state index is 3.68. The zero-order valence-electron chi connectivity index (χ0n) is 16.9. The van der Waals surface area contributed by atoms with Gasteiger partial charge in [0.2, 0.25) is 0 Å². The molecule has 0 saturated carbocycles. The van der Waals surface area contributed by atoms with Gasteiger partial charge in [-0.2, -0.15) is 0 Å². The van der Waals surface area contributed by atoms with Crippen molar-refractivity contribution in [1.82, 2.24) is 0 Å². The first-order chi connectivity index (χ1) is 12.4. The van der Waals surface area contributed by atoms with Crippen LogP contribution in [-0.2, 0) is 0 Å². The molecule has 0 N–H and O–H groups in total. The van der Waals surface area contributed by atoms with Crippen molar-refractivity contribution >= 4 is 58.8 Å². The highest BCUT2D eigenvalue weighted by Crippen LogP contribution is 2.40. The topological polar surface area (TPSA) is 0 Å². The van der Waals surface area contributed by atoms with Gasteiger partial charge in [-0.25, -0.2) is 0 Å². The zero-order valence-corrected chi connectivity index (χ0v) is 22.2. The molecular weight excluding hydrogens is 558 g/mol. The lowest BCUT2D eigenvalue weighted by Gasteiger charge is -2.23. The second-order valence-electron chi connectivity index (χ2n) is 7.12. The summed E-state index contributed by atoms with van der Waals surface area (Å²) in [6.07, 6.45) is 6.82. The van der Waals surface area contributed by atoms with E-state index < -0.39 is 8.07 Å². The fourth-order valence-corrected chi connectivity index (χ4v) is 6.55. The Kier molecular flexibility index (Phi) is 11.4.